The normalized spacial score (nSPS) is 10.3. The van der Waals surface area contributed by atoms with Crippen molar-refractivity contribution in [2.75, 3.05) is 5.32 Å². The molecule has 0 fully saturated rings. The zero-order chi connectivity index (χ0) is 13.3. The summed E-state index contributed by atoms with van der Waals surface area (Å²) < 4.78 is 1.53. The van der Waals surface area contributed by atoms with Gasteiger partial charge in [0.1, 0.15) is 17.3 Å². The van der Waals surface area contributed by atoms with Gasteiger partial charge in [-0.1, -0.05) is 0 Å². The van der Waals surface area contributed by atoms with E-state index in [-0.39, 0.29) is 17.1 Å². The van der Waals surface area contributed by atoms with E-state index in [1.165, 1.54) is 16.8 Å². The summed E-state index contributed by atoms with van der Waals surface area (Å²) in [6.45, 7) is 1.81. The van der Waals surface area contributed by atoms with Crippen LogP contribution in [0.5, 0.6) is 11.5 Å². The highest BCUT2D eigenvalue weighted by Crippen LogP contribution is 2.23. The first-order valence-corrected chi connectivity index (χ1v) is 5.31. The van der Waals surface area contributed by atoms with Crippen molar-refractivity contribution in [1.82, 2.24) is 9.78 Å². The van der Waals surface area contributed by atoms with E-state index in [2.05, 4.69) is 10.4 Å². The van der Waals surface area contributed by atoms with Crippen molar-refractivity contribution in [2.45, 2.75) is 6.92 Å². The molecule has 0 bridgehead atoms. The zero-order valence-corrected chi connectivity index (χ0v) is 10.0. The number of aryl methyl sites for hydroxylation is 2. The summed E-state index contributed by atoms with van der Waals surface area (Å²) in [4.78, 5) is 11.9. The summed E-state index contributed by atoms with van der Waals surface area (Å²) in [5, 5.41) is 25.4. The number of hydrogen-bond donors (Lipinski definition) is 3. The molecule has 94 valence electrons. The van der Waals surface area contributed by atoms with Crippen molar-refractivity contribution in [3.8, 4) is 11.5 Å². The third kappa shape index (κ3) is 2.27. The van der Waals surface area contributed by atoms with Gasteiger partial charge in [-0.2, -0.15) is 5.10 Å². The average molecular weight is 247 g/mol. The van der Waals surface area contributed by atoms with E-state index >= 15 is 0 Å². The number of benzene rings is 1. The molecular weight excluding hydrogens is 234 g/mol. The van der Waals surface area contributed by atoms with E-state index in [1.807, 2.05) is 6.92 Å². The predicted octanol–water partition coefficient (Wildman–Crippen LogP) is 1.39. The van der Waals surface area contributed by atoms with Crippen molar-refractivity contribution in [3.63, 3.8) is 0 Å². The maximum atomic E-state index is 11.9. The topological polar surface area (TPSA) is 87.4 Å². The Morgan fingerprint density at radius 3 is 2.61 bits per heavy atom. The highest BCUT2D eigenvalue weighted by atomic mass is 16.3. The zero-order valence-electron chi connectivity index (χ0n) is 10.0. The van der Waals surface area contributed by atoms with Gasteiger partial charge in [0.2, 0.25) is 0 Å². The molecule has 0 aliphatic rings. The Bertz CT molecular complexity index is 605. The number of carbonyl (C=O) groups is 1. The Balaban J connectivity index is 2.24. The molecule has 0 unspecified atom stereocenters. The molecule has 1 heterocycles. The molecule has 0 saturated heterocycles. The molecule has 18 heavy (non-hydrogen) atoms. The lowest BCUT2D eigenvalue weighted by Crippen LogP contribution is -2.14. The fourth-order valence-electron chi connectivity index (χ4n) is 1.62. The van der Waals surface area contributed by atoms with Gasteiger partial charge in [0.05, 0.1) is 11.3 Å². The van der Waals surface area contributed by atoms with Crippen LogP contribution in [0.15, 0.2) is 24.3 Å². The minimum atomic E-state index is -0.462. The average Bonchev–Trinajstić information content (AvgIpc) is 2.57. The Morgan fingerprint density at radius 2 is 2.06 bits per heavy atom. The number of aromatic hydroxyl groups is 2. The van der Waals surface area contributed by atoms with Crippen LogP contribution in [0.2, 0.25) is 0 Å². The van der Waals surface area contributed by atoms with Crippen LogP contribution in [0.3, 0.4) is 0 Å². The first-order chi connectivity index (χ1) is 8.47. The number of phenolic OH excluding ortho intramolecular Hbond substituents is 2. The molecule has 2 aromatic rings. The van der Waals surface area contributed by atoms with Crippen LogP contribution >= 0.6 is 0 Å². The third-order valence-electron chi connectivity index (χ3n) is 2.47. The van der Waals surface area contributed by atoms with Gasteiger partial charge in [-0.05, 0) is 19.1 Å². The fourth-order valence-corrected chi connectivity index (χ4v) is 1.62. The number of phenols is 2. The highest BCUT2D eigenvalue weighted by Gasteiger charge is 2.13. The predicted molar refractivity (Wildman–Crippen MR) is 65.7 cm³/mol. The molecule has 3 N–H and O–H groups in total. The molecule has 0 radical (unpaired) electrons. The van der Waals surface area contributed by atoms with Gasteiger partial charge in [0.15, 0.2) is 0 Å². The molecule has 0 atom stereocenters. The molecule has 1 aromatic heterocycles. The molecule has 6 heteroatoms. The van der Waals surface area contributed by atoms with E-state index in [0.717, 1.165) is 11.8 Å². The van der Waals surface area contributed by atoms with E-state index < -0.39 is 5.91 Å². The van der Waals surface area contributed by atoms with Gasteiger partial charge in [0, 0.05) is 19.2 Å². The van der Waals surface area contributed by atoms with Crippen LogP contribution in [-0.2, 0) is 7.05 Å². The number of nitrogens with one attached hydrogen (secondary N) is 1. The summed E-state index contributed by atoms with van der Waals surface area (Å²) in [6, 6.07) is 5.52. The van der Waals surface area contributed by atoms with E-state index in [1.54, 1.807) is 13.1 Å². The Labute approximate surface area is 103 Å². The molecular formula is C12H13N3O3. The van der Waals surface area contributed by atoms with Gasteiger partial charge in [-0.25, -0.2) is 0 Å². The minimum Gasteiger partial charge on any atom is -0.508 e. The number of hydrogen-bond acceptors (Lipinski definition) is 4. The van der Waals surface area contributed by atoms with Crippen molar-refractivity contribution < 1.29 is 15.0 Å². The third-order valence-corrected chi connectivity index (χ3v) is 2.47. The van der Waals surface area contributed by atoms with Crippen molar-refractivity contribution in [3.05, 3.63) is 35.5 Å². The van der Waals surface area contributed by atoms with Crippen LogP contribution in [-0.4, -0.2) is 25.9 Å². The first kappa shape index (κ1) is 12.0. The number of rotatable bonds is 2. The lowest BCUT2D eigenvalue weighted by molar-refractivity contribution is 0.102. The first-order valence-electron chi connectivity index (χ1n) is 5.31. The van der Waals surface area contributed by atoms with Gasteiger partial charge in [-0.3, -0.25) is 9.48 Å². The van der Waals surface area contributed by atoms with Gasteiger partial charge >= 0.3 is 0 Å². The molecule has 1 aromatic carbocycles. The lowest BCUT2D eigenvalue weighted by atomic mass is 10.2. The van der Waals surface area contributed by atoms with Crippen LogP contribution in [0.1, 0.15) is 16.1 Å². The lowest BCUT2D eigenvalue weighted by Gasteiger charge is -2.06. The molecule has 0 saturated carbocycles. The number of aromatic nitrogens is 2. The van der Waals surface area contributed by atoms with Crippen LogP contribution < -0.4 is 5.32 Å². The summed E-state index contributed by atoms with van der Waals surface area (Å²) in [6.07, 6.45) is 0. The van der Waals surface area contributed by atoms with Crippen LogP contribution in [0, 0.1) is 6.92 Å². The van der Waals surface area contributed by atoms with Crippen molar-refractivity contribution >= 4 is 11.7 Å². The second-order valence-electron chi connectivity index (χ2n) is 3.95. The SMILES string of the molecule is Cc1cc(NC(=O)c2ccc(O)cc2O)n(C)n1. The summed E-state index contributed by atoms with van der Waals surface area (Å²) in [5.74, 6) is -0.299. The minimum absolute atomic E-state index is 0.0895. The summed E-state index contributed by atoms with van der Waals surface area (Å²) in [7, 11) is 1.71. The second kappa shape index (κ2) is 4.40. The van der Waals surface area contributed by atoms with Gasteiger partial charge in [0.25, 0.3) is 5.91 Å². The Morgan fingerprint density at radius 1 is 1.33 bits per heavy atom. The van der Waals surface area contributed by atoms with E-state index in [4.69, 9.17) is 5.11 Å². The molecule has 0 aliphatic carbocycles. The number of amides is 1. The fraction of sp³-hybridized carbons (Fsp3) is 0.167. The standard InChI is InChI=1S/C12H13N3O3/c1-7-5-11(15(2)14-7)13-12(18)9-4-3-8(16)6-10(9)17/h3-6,16-17H,1-2H3,(H,13,18). The number of carbonyl (C=O) groups excluding carboxylic acids is 1. The number of anilines is 1. The van der Waals surface area contributed by atoms with E-state index in [0.29, 0.717) is 5.82 Å². The molecule has 0 spiro atoms. The monoisotopic (exact) mass is 247 g/mol. The summed E-state index contributed by atoms with van der Waals surface area (Å²) in [5.41, 5.74) is 0.870. The molecule has 0 aliphatic heterocycles. The largest absolute Gasteiger partial charge is 0.508 e. The molecule has 1 amide bonds. The van der Waals surface area contributed by atoms with Crippen LogP contribution in [0.25, 0.3) is 0 Å². The van der Waals surface area contributed by atoms with E-state index in [9.17, 15) is 9.90 Å². The Hall–Kier alpha value is -2.50. The highest BCUT2D eigenvalue weighted by molar-refractivity contribution is 6.05. The van der Waals surface area contributed by atoms with Gasteiger partial charge < -0.3 is 15.5 Å². The van der Waals surface area contributed by atoms with Crippen molar-refractivity contribution in [2.24, 2.45) is 7.05 Å². The Kier molecular flexibility index (Phi) is 2.93. The molecule has 2 rings (SSSR count). The second-order valence-corrected chi connectivity index (χ2v) is 3.95. The van der Waals surface area contributed by atoms with Crippen molar-refractivity contribution in [1.29, 1.82) is 0 Å². The van der Waals surface area contributed by atoms with Crippen LogP contribution in [0.4, 0.5) is 5.82 Å². The maximum Gasteiger partial charge on any atom is 0.260 e. The van der Waals surface area contributed by atoms with Gasteiger partial charge in [-0.15, -0.1) is 0 Å². The summed E-state index contributed by atoms with van der Waals surface area (Å²) >= 11 is 0. The number of nitrogens with zero attached hydrogens (tertiary/aromatic N) is 2. The quantitative estimate of drug-likeness (QED) is 0.748. The molecule has 6 nitrogen and oxygen atoms in total. The maximum absolute atomic E-state index is 11.9. The smallest absolute Gasteiger partial charge is 0.260 e.